The molecule has 0 unspecified atom stereocenters. The second kappa shape index (κ2) is 86.5. The first-order chi connectivity index (χ1) is 49.0. The third kappa shape index (κ3) is 63.1. The SMILES string of the molecule is C#CCCCCl.C#CCCCn1nc2c(c1C(=O)OCC)CN(C(=O)OC(C)(C)C)[C@H](C)C2.CCOC(=O)c1n[nH]c2c1CN(C(=O)OC(C)(C)C)[C@H](C)C2.II(I)I(I)I(I)I(I)I(I)I(I)I(I)I(I)I(I)I(I)I(I)I(I)I(I)I(I)I(I)I(I)I(I)I(I)I(I)I(I)I.I[I-]I(I)I.O=CO[O-].[Cs+].[Cs+].[H-]. The van der Waals surface area contributed by atoms with E-state index in [0.29, 0.717) is 56.2 Å². The van der Waals surface area contributed by atoms with Crippen molar-refractivity contribution in [2.45, 2.75) is 151 Å². The summed E-state index contributed by atoms with van der Waals surface area (Å²) in [6.07, 6.45) is 13.7. The monoisotopic (exact) mass is 7080 g/mol. The Morgan fingerprint density at radius 1 is 0.574 bits per heavy atom. The van der Waals surface area contributed by atoms with Crippen LogP contribution in [0.5, 0.6) is 0 Å². The van der Waals surface area contributed by atoms with Crippen molar-refractivity contribution in [2.75, 3.05) is 19.1 Å². The van der Waals surface area contributed by atoms with Gasteiger partial charge in [-0.05, 0) is 82.1 Å². The van der Waals surface area contributed by atoms with Crippen LogP contribution in [0.15, 0.2) is 0 Å². The number of aromatic nitrogens is 4. The Bertz CT molecular complexity index is 2950. The van der Waals surface area contributed by atoms with Crippen LogP contribution in [0.2, 0.25) is 0 Å². The van der Waals surface area contributed by atoms with E-state index in [0.717, 1.165) is 36.2 Å². The molecule has 0 saturated carbocycles. The number of nitrogens with one attached hydrogen (secondary N) is 1. The molecule has 2 aromatic rings. The Morgan fingerprint density at radius 3 is 1.16 bits per heavy atom. The summed E-state index contributed by atoms with van der Waals surface area (Å²) < 4.78 is 22.8. The second-order valence-corrected chi connectivity index (χ2v) is 1060. The van der Waals surface area contributed by atoms with Crippen molar-refractivity contribution >= 4 is 673 Å². The first kappa shape index (κ1) is 147. The zero-order valence-electron chi connectivity index (χ0n) is 56.7. The molecule has 2 aliphatic heterocycles. The molecule has 2 atom stereocenters. The van der Waals surface area contributed by atoms with Crippen molar-refractivity contribution in [1.82, 2.24) is 29.8 Å². The third-order valence-corrected chi connectivity index (χ3v) is 3230. The molecule has 0 aromatic carbocycles. The normalized spacial score (nSPS) is 16.2. The Labute approximate surface area is 1090 Å². The molecule has 108 heavy (non-hydrogen) atoms. The predicted octanol–water partition coefficient (Wildman–Crippen LogP) is 37.4. The summed E-state index contributed by atoms with van der Waals surface area (Å²) in [5, 5.41) is 20.0. The van der Waals surface area contributed by atoms with Crippen LogP contribution in [-0.4, -0.2) is 103 Å². The van der Waals surface area contributed by atoms with Crippen molar-refractivity contribution < 1.29 is 206 Å². The fraction of sp³-hybridized carbons (Fsp3) is 0.634. The van der Waals surface area contributed by atoms with Crippen molar-refractivity contribution in [2.24, 2.45) is 0 Å². The van der Waals surface area contributed by atoms with Gasteiger partial charge in [0.15, 0.2) is 11.4 Å². The number of unbranched alkanes of at least 4 members (excludes halogenated alkanes) is 2. The maximum Gasteiger partial charge on any atom is 1.00 e. The van der Waals surface area contributed by atoms with E-state index in [9.17, 15) is 19.2 Å². The number of hydrogen-bond acceptors (Lipinski definition) is 13. The van der Waals surface area contributed by atoms with Gasteiger partial charge in [0.25, 0.3) is 6.47 Å². The number of alkyl halides is 1. The molecule has 2 aromatic heterocycles. The number of halogens is 48. The second-order valence-electron chi connectivity index (χ2n) is 18.7. The van der Waals surface area contributed by atoms with E-state index in [1.807, 2.05) is 55.4 Å². The Balaban J connectivity index is -0.000000462. The maximum absolute atomic E-state index is 12.6. The number of fused-ring (bicyclic) bond motifs is 2. The largest absolute Gasteiger partial charge is 1.00 e. The predicted molar refractivity (Wildman–Crippen MR) is 863 cm³/mol. The van der Waals surface area contributed by atoms with E-state index in [-0.39, 0.29) is 204 Å². The van der Waals surface area contributed by atoms with Gasteiger partial charge in [0.1, 0.15) is 11.2 Å². The number of aryl methyl sites for hydroxylation is 1. The third-order valence-electron chi connectivity index (χ3n) is 9.77. The van der Waals surface area contributed by atoms with Crippen LogP contribution in [0.1, 0.15) is 140 Å². The fourth-order valence-corrected chi connectivity index (χ4v) is 7550. The average molecular weight is 7080 g/mol. The quantitative estimate of drug-likeness (QED) is 0.00890. The molecular formula is C41H61ClCs2I47N6O11-. The van der Waals surface area contributed by atoms with Gasteiger partial charge in [-0.3, -0.25) is 14.6 Å². The number of terminal acetylenes is 2. The molecule has 17 nitrogen and oxygen atoms in total. The van der Waals surface area contributed by atoms with Crippen LogP contribution in [-0.2, 0) is 61.1 Å². The number of hydrogen-bond donors (Lipinski definition) is 1. The Morgan fingerprint density at radius 2 is 0.880 bits per heavy atom. The van der Waals surface area contributed by atoms with E-state index in [4.69, 9.17) is 53.4 Å². The van der Waals surface area contributed by atoms with Crippen LogP contribution >= 0.6 is 643 Å². The van der Waals surface area contributed by atoms with Crippen molar-refractivity contribution in [1.29, 1.82) is 0 Å². The zero-order valence-corrected chi connectivity index (χ0v) is 170. The van der Waals surface area contributed by atoms with Gasteiger partial charge in [-0.2, -0.15) is 10.2 Å². The molecule has 1 N–H and O–H groups in total. The molecule has 67 heteroatoms. The number of aromatic amines is 1. The molecule has 2 aliphatic rings. The number of amides is 2. The topological polar surface area (TPSA) is 208 Å². The zero-order chi connectivity index (χ0) is 82.8. The molecule has 0 aliphatic carbocycles. The van der Waals surface area contributed by atoms with Crippen LogP contribution < -0.4 is 156 Å². The number of carbonyl (C=O) groups is 5. The van der Waals surface area contributed by atoms with Gasteiger partial charge in [0.2, 0.25) is 0 Å². The van der Waals surface area contributed by atoms with Crippen LogP contribution in [0.25, 0.3) is 0 Å². The number of rotatable bonds is 30. The van der Waals surface area contributed by atoms with E-state index in [2.05, 4.69) is 497 Å². The van der Waals surface area contributed by atoms with E-state index >= 15 is 0 Å². The van der Waals surface area contributed by atoms with Gasteiger partial charge < -0.3 is 40.3 Å². The summed E-state index contributed by atoms with van der Waals surface area (Å²) in [5.74, 6) is 4.87. The van der Waals surface area contributed by atoms with E-state index in [1.54, 1.807) is 28.3 Å². The van der Waals surface area contributed by atoms with Crippen LogP contribution in [0.4, 0.5) is 9.59 Å². The molecule has 0 radical (unpaired) electrons. The first-order valence-electron chi connectivity index (χ1n) is 25.8. The molecule has 0 spiro atoms. The number of carbonyl (C=O) groups excluding carboxylic acids is 5. The number of nitrogens with zero attached hydrogens (tertiary/aromatic N) is 5. The van der Waals surface area contributed by atoms with Gasteiger partial charge in [-0.1, -0.05) is 0 Å². The van der Waals surface area contributed by atoms with Crippen LogP contribution in [0, 0.1) is 24.7 Å². The van der Waals surface area contributed by atoms with Gasteiger partial charge in [-0.15, -0.1) is 36.3 Å². The van der Waals surface area contributed by atoms with Gasteiger partial charge in [-0.25, -0.2) is 19.2 Å². The summed E-state index contributed by atoms with van der Waals surface area (Å²) in [6, 6.07) is -0.103. The standard InChI is InChI=1S/C20H29N3O4.C15H23N3O4.C5H7Cl.CH2O3.2Cs.I42.I5.H/c1-7-9-10-11-23-17(18(24)26-8-2)15-13-22(14(3)12-16(15)21-23)19(25)27-20(4,5)6;1-6-21-13(19)12-10-8-18(14(20)22-15(3,4)5)9(2)7-11(10)16-17-12;1-2-3-4-5-6;2-1-4-3;;;1-23(2)25(5)27(7)29(9)31(11)33(13)35(15)37(17)39(19)41(21)42(22)40(20)38(18)36(16)34(14)32(12)30(10)28(8)26(6)24(3)4;1-4-5(2)3;/h1,14H,8-13H2,2-6H3;9H,6-8H2,1-5H3,(H,16,17);1H,3-5H2;1,3H;;;;;/q;;;;2*+1;;2*-1/p-1/t14-;9-;;;;;;;/m11......./s1. The first-order valence-corrected chi connectivity index (χ1v) is 309. The van der Waals surface area contributed by atoms with Crippen molar-refractivity contribution in [3.05, 3.63) is 33.9 Å². The van der Waals surface area contributed by atoms with Gasteiger partial charge in [0, 0.05) is 67.0 Å². The summed E-state index contributed by atoms with van der Waals surface area (Å²) >= 11 is 84.7. The fourth-order valence-electron chi connectivity index (χ4n) is 6.21. The number of ether oxygens (including phenoxy) is 4. The van der Waals surface area contributed by atoms with Gasteiger partial charge >= 0.3 is 806 Å². The molecule has 660 valence electrons. The summed E-state index contributed by atoms with van der Waals surface area (Å²) in [7, 11) is -10.5. The van der Waals surface area contributed by atoms with Gasteiger partial charge in [0.05, 0.1) is 32.0 Å². The van der Waals surface area contributed by atoms with Crippen molar-refractivity contribution in [3.8, 4) is 24.7 Å². The number of esters is 2. The molecule has 0 bridgehead atoms. The molecular weight excluding hydrogens is 7020 g/mol. The molecule has 2 amide bonds. The molecule has 4 heterocycles. The van der Waals surface area contributed by atoms with Crippen molar-refractivity contribution in [3.63, 3.8) is 0 Å². The van der Waals surface area contributed by atoms with E-state index in [1.165, 1.54) is 0 Å². The van der Waals surface area contributed by atoms with Crippen LogP contribution in [0.3, 0.4) is 0 Å². The summed E-state index contributed by atoms with van der Waals surface area (Å²) in [4.78, 5) is 63.9. The smallest absolute Gasteiger partial charge is 1.00 e. The summed E-state index contributed by atoms with van der Waals surface area (Å²) in [5.41, 5.74) is 2.65. The molecule has 0 saturated heterocycles. The number of H-pyrrole nitrogens is 1. The Kier molecular flexibility index (Phi) is 118. The minimum Gasteiger partial charge on any atom is -1.00 e. The molecule has 4 rings (SSSR count). The molecule has 0 fully saturated rings. The average Bonchev–Trinajstić information content (AvgIpc) is 1.64. The maximum atomic E-state index is 12.6. The summed E-state index contributed by atoms with van der Waals surface area (Å²) in [6.45, 7) is 19.8. The minimum atomic E-state index is -0.583. The Hall–Kier alpha value is 33.2. The van der Waals surface area contributed by atoms with E-state index < -0.39 is 187 Å². The minimum absolute atomic E-state index is 0.